The molecule has 1 heterocycles. The van der Waals surface area contributed by atoms with E-state index in [0.717, 1.165) is 22.1 Å². The lowest BCUT2D eigenvalue weighted by Gasteiger charge is -2.19. The first-order valence-corrected chi connectivity index (χ1v) is 8.07. The van der Waals surface area contributed by atoms with Gasteiger partial charge in [-0.3, -0.25) is 4.79 Å². The molecule has 0 aliphatic carbocycles. The van der Waals surface area contributed by atoms with Crippen LogP contribution in [0.4, 0.5) is 21.9 Å². The Morgan fingerprint density at radius 1 is 1.13 bits per heavy atom. The molecule has 3 amide bonds. The van der Waals surface area contributed by atoms with Crippen molar-refractivity contribution in [1.29, 1.82) is 0 Å². The van der Waals surface area contributed by atoms with Crippen molar-refractivity contribution in [2.24, 2.45) is 0 Å². The third kappa shape index (κ3) is 3.37. The lowest BCUT2D eigenvalue weighted by molar-refractivity contribution is -0.116. The van der Waals surface area contributed by atoms with Crippen molar-refractivity contribution >= 4 is 44.9 Å². The number of para-hydroxylation sites is 1. The lowest BCUT2D eigenvalue weighted by Crippen LogP contribution is -2.28. The van der Waals surface area contributed by atoms with E-state index in [1.165, 1.54) is 6.92 Å². The number of nitrogens with one attached hydrogen (secondary N) is 2. The molecular weight excluding hydrogens is 358 g/mol. The van der Waals surface area contributed by atoms with Gasteiger partial charge in [-0.05, 0) is 36.2 Å². The first-order chi connectivity index (χ1) is 11.0. The molecule has 0 saturated carbocycles. The summed E-state index contributed by atoms with van der Waals surface area (Å²) in [6.45, 7) is 2.17. The van der Waals surface area contributed by atoms with Crippen molar-refractivity contribution in [3.05, 3.63) is 52.5 Å². The van der Waals surface area contributed by atoms with Crippen LogP contribution in [0.3, 0.4) is 0 Å². The van der Waals surface area contributed by atoms with Gasteiger partial charge in [0.15, 0.2) is 0 Å². The Balaban J connectivity index is 1.85. The third-order valence-electron chi connectivity index (χ3n) is 3.69. The maximum absolute atomic E-state index is 12.2. The van der Waals surface area contributed by atoms with Gasteiger partial charge in [-0.2, -0.15) is 0 Å². The summed E-state index contributed by atoms with van der Waals surface area (Å²) in [5.41, 5.74) is 3.16. The van der Waals surface area contributed by atoms with E-state index in [2.05, 4.69) is 26.6 Å². The molecule has 3 rings (SSSR count). The number of anilines is 3. The van der Waals surface area contributed by atoms with Crippen molar-refractivity contribution < 1.29 is 9.59 Å². The Bertz CT molecular complexity index is 762. The number of fused-ring (bicyclic) bond motifs is 1. The Morgan fingerprint density at radius 3 is 2.57 bits per heavy atom. The molecule has 5 nitrogen and oxygen atoms in total. The third-order valence-corrected chi connectivity index (χ3v) is 4.15. The molecule has 2 N–H and O–H groups in total. The summed E-state index contributed by atoms with van der Waals surface area (Å²) in [7, 11) is 0. The van der Waals surface area contributed by atoms with Crippen LogP contribution >= 0.6 is 15.9 Å². The van der Waals surface area contributed by atoms with Gasteiger partial charge in [0.05, 0.1) is 11.4 Å². The van der Waals surface area contributed by atoms with Gasteiger partial charge in [-0.25, -0.2) is 4.79 Å². The number of carbonyl (C=O) groups is 2. The predicted molar refractivity (Wildman–Crippen MR) is 95.0 cm³/mol. The maximum Gasteiger partial charge on any atom is 0.323 e. The number of benzene rings is 2. The van der Waals surface area contributed by atoms with Crippen LogP contribution in [0.2, 0.25) is 0 Å². The summed E-state index contributed by atoms with van der Waals surface area (Å²) >= 11 is 3.45. The van der Waals surface area contributed by atoms with E-state index < -0.39 is 0 Å². The molecule has 0 radical (unpaired) electrons. The highest BCUT2D eigenvalue weighted by molar-refractivity contribution is 9.10. The van der Waals surface area contributed by atoms with Gasteiger partial charge >= 0.3 is 6.03 Å². The normalized spacial score (nSPS) is 12.7. The zero-order chi connectivity index (χ0) is 16.4. The highest BCUT2D eigenvalue weighted by atomic mass is 79.9. The molecule has 0 atom stereocenters. The number of carbonyl (C=O) groups excluding carboxylic acids is 2. The van der Waals surface area contributed by atoms with E-state index in [0.29, 0.717) is 17.9 Å². The summed E-state index contributed by atoms with van der Waals surface area (Å²) in [4.78, 5) is 25.7. The lowest BCUT2D eigenvalue weighted by atomic mass is 10.1. The molecular formula is C17H16BrN3O2. The molecule has 0 saturated heterocycles. The van der Waals surface area contributed by atoms with Crippen LogP contribution in [0.25, 0.3) is 0 Å². The highest BCUT2D eigenvalue weighted by Crippen LogP contribution is 2.38. The van der Waals surface area contributed by atoms with Crippen molar-refractivity contribution in [2.45, 2.75) is 13.3 Å². The second kappa shape index (κ2) is 6.42. The zero-order valence-electron chi connectivity index (χ0n) is 12.6. The Kier molecular flexibility index (Phi) is 4.34. The fourth-order valence-corrected chi connectivity index (χ4v) is 3.23. The average Bonchev–Trinajstić information content (AvgIpc) is 2.92. The molecule has 2 aromatic carbocycles. The first-order valence-electron chi connectivity index (χ1n) is 7.28. The Hall–Kier alpha value is -2.34. The average molecular weight is 374 g/mol. The van der Waals surface area contributed by atoms with E-state index in [9.17, 15) is 9.59 Å². The molecule has 2 aromatic rings. The van der Waals surface area contributed by atoms with Gasteiger partial charge in [0.25, 0.3) is 0 Å². The number of amides is 3. The van der Waals surface area contributed by atoms with Crippen LogP contribution < -0.4 is 15.5 Å². The minimum Gasteiger partial charge on any atom is -0.310 e. The Morgan fingerprint density at radius 2 is 1.87 bits per heavy atom. The van der Waals surface area contributed by atoms with Crippen LogP contribution in [-0.2, 0) is 11.2 Å². The van der Waals surface area contributed by atoms with Crippen molar-refractivity contribution in [1.82, 2.24) is 0 Å². The van der Waals surface area contributed by atoms with Gasteiger partial charge in [0, 0.05) is 23.6 Å². The summed E-state index contributed by atoms with van der Waals surface area (Å²) < 4.78 is 0.872. The smallest absolute Gasteiger partial charge is 0.310 e. The molecule has 0 spiro atoms. The van der Waals surface area contributed by atoms with E-state index in [1.807, 2.05) is 42.5 Å². The highest BCUT2D eigenvalue weighted by Gasteiger charge is 2.26. The van der Waals surface area contributed by atoms with Gasteiger partial charge in [-0.1, -0.05) is 34.1 Å². The quantitative estimate of drug-likeness (QED) is 0.835. The van der Waals surface area contributed by atoms with E-state index in [4.69, 9.17) is 0 Å². The molecule has 118 valence electrons. The number of urea groups is 1. The van der Waals surface area contributed by atoms with Crippen molar-refractivity contribution in [2.75, 3.05) is 22.1 Å². The molecule has 1 aliphatic rings. The summed E-state index contributed by atoms with van der Waals surface area (Å²) in [5, 5.41) is 5.62. The fraction of sp³-hybridized carbons (Fsp3) is 0.176. The first kappa shape index (κ1) is 15.6. The molecule has 0 bridgehead atoms. The minimum atomic E-state index is -0.341. The number of hydrogen-bond acceptors (Lipinski definition) is 2. The van der Waals surface area contributed by atoms with Crippen LogP contribution in [0.1, 0.15) is 12.5 Å². The number of hydrogen-bond donors (Lipinski definition) is 2. The minimum absolute atomic E-state index is 0.0300. The van der Waals surface area contributed by atoms with Crippen LogP contribution in [0.15, 0.2) is 46.9 Å². The van der Waals surface area contributed by atoms with Crippen molar-refractivity contribution in [3.63, 3.8) is 0 Å². The second-order valence-electron chi connectivity index (χ2n) is 5.33. The van der Waals surface area contributed by atoms with Crippen molar-refractivity contribution in [3.8, 4) is 0 Å². The van der Waals surface area contributed by atoms with E-state index in [-0.39, 0.29) is 11.9 Å². The SMILES string of the molecule is CC(=O)N1CCc2cc(Br)cc(NC(=O)Nc3ccccc3)c21. The summed E-state index contributed by atoms with van der Waals surface area (Å²) in [6.07, 6.45) is 0.781. The molecule has 23 heavy (non-hydrogen) atoms. The summed E-state index contributed by atoms with van der Waals surface area (Å²) in [6, 6.07) is 12.7. The molecule has 0 unspecified atom stereocenters. The standard InChI is InChI=1S/C17H16BrN3O2/c1-11(22)21-8-7-12-9-13(18)10-15(16(12)21)20-17(23)19-14-5-3-2-4-6-14/h2-6,9-10H,7-8H2,1H3,(H2,19,20,23). The maximum atomic E-state index is 12.2. The van der Waals surface area contributed by atoms with Gasteiger partial charge in [-0.15, -0.1) is 0 Å². The van der Waals surface area contributed by atoms with E-state index in [1.54, 1.807) is 4.90 Å². The number of rotatable bonds is 2. The topological polar surface area (TPSA) is 61.4 Å². The number of nitrogens with zero attached hydrogens (tertiary/aromatic N) is 1. The number of halogens is 1. The largest absolute Gasteiger partial charge is 0.323 e. The molecule has 0 aromatic heterocycles. The van der Waals surface area contributed by atoms with Crippen LogP contribution in [-0.4, -0.2) is 18.5 Å². The summed E-state index contributed by atoms with van der Waals surface area (Å²) in [5.74, 6) is -0.0300. The van der Waals surface area contributed by atoms with Gasteiger partial charge < -0.3 is 15.5 Å². The monoisotopic (exact) mass is 373 g/mol. The van der Waals surface area contributed by atoms with Crippen LogP contribution in [0.5, 0.6) is 0 Å². The second-order valence-corrected chi connectivity index (χ2v) is 6.24. The Labute approximate surface area is 142 Å². The van der Waals surface area contributed by atoms with E-state index >= 15 is 0 Å². The molecule has 1 aliphatic heterocycles. The fourth-order valence-electron chi connectivity index (χ4n) is 2.73. The predicted octanol–water partition coefficient (Wildman–Crippen LogP) is 4.00. The van der Waals surface area contributed by atoms with Gasteiger partial charge in [0.1, 0.15) is 0 Å². The molecule has 6 heteroatoms. The van der Waals surface area contributed by atoms with Crippen LogP contribution in [0, 0.1) is 0 Å². The van der Waals surface area contributed by atoms with Gasteiger partial charge in [0.2, 0.25) is 5.91 Å². The molecule has 0 fully saturated rings. The zero-order valence-corrected chi connectivity index (χ0v) is 14.2.